The lowest BCUT2D eigenvalue weighted by Crippen LogP contribution is -2.08. The van der Waals surface area contributed by atoms with Crippen LogP contribution in [-0.2, 0) is 0 Å². The van der Waals surface area contributed by atoms with Gasteiger partial charge in [0.25, 0.3) is 0 Å². The molecule has 0 atom stereocenters. The lowest BCUT2D eigenvalue weighted by molar-refractivity contribution is 0.0735. The number of nitrogens with zero attached hydrogens (tertiary/aromatic N) is 1. The van der Waals surface area contributed by atoms with Crippen LogP contribution in [0.15, 0.2) is 60.8 Å². The average molecular weight is 267 g/mol. The van der Waals surface area contributed by atoms with Crippen molar-refractivity contribution in [2.75, 3.05) is 0 Å². The predicted octanol–water partition coefficient (Wildman–Crippen LogP) is 3.59. The molecule has 0 bridgehead atoms. The van der Waals surface area contributed by atoms with Crippen LogP contribution in [-0.4, -0.2) is 11.0 Å². The Morgan fingerprint density at radius 3 is 2.65 bits per heavy atom. The zero-order valence-electron chi connectivity index (χ0n) is 10.4. The Labute approximate surface area is 114 Å². The first-order valence-electron chi connectivity index (χ1n) is 6.05. The Hall–Kier alpha value is -2.75. The van der Waals surface area contributed by atoms with E-state index in [0.717, 1.165) is 10.9 Å². The lowest BCUT2D eigenvalue weighted by atomic mass is 10.2. The molecule has 20 heavy (non-hydrogen) atoms. The fraction of sp³-hybridized carbons (Fsp3) is 0. The van der Waals surface area contributed by atoms with Gasteiger partial charge in [-0.1, -0.05) is 6.07 Å². The second kappa shape index (κ2) is 5.09. The third kappa shape index (κ3) is 2.49. The minimum Gasteiger partial charge on any atom is -0.423 e. The van der Waals surface area contributed by atoms with Crippen LogP contribution in [0.5, 0.6) is 5.75 Å². The van der Waals surface area contributed by atoms with Crippen LogP contribution < -0.4 is 4.74 Å². The SMILES string of the molecule is O=C(Oc1ccc2cccnc2c1)c1ccc(F)cc1. The van der Waals surface area contributed by atoms with Gasteiger partial charge in [-0.05, 0) is 42.5 Å². The summed E-state index contributed by atoms with van der Waals surface area (Å²) < 4.78 is 18.0. The zero-order valence-corrected chi connectivity index (χ0v) is 10.4. The number of carbonyl (C=O) groups excluding carboxylic acids is 1. The number of hydrogen-bond donors (Lipinski definition) is 0. The number of aromatic nitrogens is 1. The van der Waals surface area contributed by atoms with Gasteiger partial charge in [0, 0.05) is 17.6 Å². The first-order valence-corrected chi connectivity index (χ1v) is 6.05. The van der Waals surface area contributed by atoms with Gasteiger partial charge in [0.2, 0.25) is 0 Å². The van der Waals surface area contributed by atoms with Crippen LogP contribution in [0.2, 0.25) is 0 Å². The molecule has 0 aliphatic heterocycles. The summed E-state index contributed by atoms with van der Waals surface area (Å²) >= 11 is 0. The molecule has 3 nitrogen and oxygen atoms in total. The molecule has 2 aromatic carbocycles. The van der Waals surface area contributed by atoms with E-state index in [9.17, 15) is 9.18 Å². The topological polar surface area (TPSA) is 39.2 Å². The third-order valence-electron chi connectivity index (χ3n) is 2.87. The first kappa shape index (κ1) is 12.3. The van der Waals surface area contributed by atoms with E-state index in [1.807, 2.05) is 18.2 Å². The molecule has 0 saturated carbocycles. The Morgan fingerprint density at radius 2 is 1.85 bits per heavy atom. The zero-order chi connectivity index (χ0) is 13.9. The molecular formula is C16H10FNO2. The van der Waals surface area contributed by atoms with Gasteiger partial charge in [0.05, 0.1) is 11.1 Å². The minimum atomic E-state index is -0.528. The highest BCUT2D eigenvalue weighted by molar-refractivity contribution is 5.91. The van der Waals surface area contributed by atoms with Crippen molar-refractivity contribution >= 4 is 16.9 Å². The van der Waals surface area contributed by atoms with Crippen molar-refractivity contribution in [1.29, 1.82) is 0 Å². The fourth-order valence-electron chi connectivity index (χ4n) is 1.86. The number of esters is 1. The predicted molar refractivity (Wildman–Crippen MR) is 73.1 cm³/mol. The highest BCUT2D eigenvalue weighted by atomic mass is 19.1. The lowest BCUT2D eigenvalue weighted by Gasteiger charge is -2.05. The number of ether oxygens (including phenoxy) is 1. The summed E-state index contributed by atoms with van der Waals surface area (Å²) in [5, 5.41) is 0.967. The van der Waals surface area contributed by atoms with E-state index in [1.165, 1.54) is 24.3 Å². The summed E-state index contributed by atoms with van der Waals surface area (Å²) in [6, 6.07) is 14.2. The first-order chi connectivity index (χ1) is 9.72. The normalized spacial score (nSPS) is 10.4. The van der Waals surface area contributed by atoms with Crippen LogP contribution in [0.1, 0.15) is 10.4 Å². The number of benzene rings is 2. The van der Waals surface area contributed by atoms with Gasteiger partial charge in [-0.15, -0.1) is 0 Å². The van der Waals surface area contributed by atoms with Gasteiger partial charge in [0.1, 0.15) is 11.6 Å². The van der Waals surface area contributed by atoms with E-state index < -0.39 is 11.8 Å². The van der Waals surface area contributed by atoms with Crippen molar-refractivity contribution in [3.05, 3.63) is 72.2 Å². The van der Waals surface area contributed by atoms with Crippen molar-refractivity contribution in [3.8, 4) is 5.75 Å². The average Bonchev–Trinajstić information content (AvgIpc) is 2.48. The van der Waals surface area contributed by atoms with Crippen LogP contribution >= 0.6 is 0 Å². The highest BCUT2D eigenvalue weighted by Crippen LogP contribution is 2.19. The summed E-state index contributed by atoms with van der Waals surface area (Å²) in [5.41, 5.74) is 1.05. The van der Waals surface area contributed by atoms with E-state index in [0.29, 0.717) is 11.3 Å². The van der Waals surface area contributed by atoms with Crippen molar-refractivity contribution in [3.63, 3.8) is 0 Å². The molecule has 0 radical (unpaired) electrons. The number of rotatable bonds is 2. The van der Waals surface area contributed by atoms with Gasteiger partial charge >= 0.3 is 5.97 Å². The summed E-state index contributed by atoms with van der Waals surface area (Å²) in [5.74, 6) is -0.512. The van der Waals surface area contributed by atoms with E-state index in [2.05, 4.69) is 4.98 Å². The fourth-order valence-corrected chi connectivity index (χ4v) is 1.86. The molecule has 4 heteroatoms. The third-order valence-corrected chi connectivity index (χ3v) is 2.87. The van der Waals surface area contributed by atoms with Gasteiger partial charge in [-0.25, -0.2) is 9.18 Å². The standard InChI is InChI=1S/C16H10FNO2/c17-13-6-3-12(4-7-13)16(19)20-14-8-5-11-2-1-9-18-15(11)10-14/h1-10H. The molecule has 3 rings (SSSR count). The van der Waals surface area contributed by atoms with Crippen LogP contribution in [0.25, 0.3) is 10.9 Å². The molecular weight excluding hydrogens is 257 g/mol. The molecule has 0 saturated heterocycles. The summed E-state index contributed by atoms with van der Waals surface area (Å²) in [6.45, 7) is 0. The van der Waals surface area contributed by atoms with Crippen molar-refractivity contribution in [2.24, 2.45) is 0 Å². The number of carbonyl (C=O) groups is 1. The molecule has 98 valence electrons. The van der Waals surface area contributed by atoms with E-state index in [1.54, 1.807) is 18.3 Å². The van der Waals surface area contributed by atoms with Gasteiger partial charge in [-0.2, -0.15) is 0 Å². The summed E-state index contributed by atoms with van der Waals surface area (Å²) in [4.78, 5) is 16.1. The highest BCUT2D eigenvalue weighted by Gasteiger charge is 2.09. The number of pyridine rings is 1. The Bertz CT molecular complexity index is 769. The number of hydrogen-bond acceptors (Lipinski definition) is 3. The molecule has 0 aliphatic rings. The van der Waals surface area contributed by atoms with E-state index in [4.69, 9.17) is 4.74 Å². The van der Waals surface area contributed by atoms with Crippen LogP contribution in [0.3, 0.4) is 0 Å². The molecule has 0 fully saturated rings. The summed E-state index contributed by atoms with van der Waals surface area (Å²) in [6.07, 6.45) is 1.67. The maximum atomic E-state index is 12.8. The van der Waals surface area contributed by atoms with Crippen molar-refractivity contribution in [2.45, 2.75) is 0 Å². The Balaban J connectivity index is 1.85. The monoisotopic (exact) mass is 267 g/mol. The summed E-state index contributed by atoms with van der Waals surface area (Å²) in [7, 11) is 0. The van der Waals surface area contributed by atoms with Gasteiger partial charge < -0.3 is 4.74 Å². The molecule has 0 aliphatic carbocycles. The molecule has 0 unspecified atom stereocenters. The van der Waals surface area contributed by atoms with Crippen molar-refractivity contribution in [1.82, 2.24) is 4.98 Å². The number of fused-ring (bicyclic) bond motifs is 1. The Morgan fingerprint density at radius 1 is 1.05 bits per heavy atom. The number of halogens is 1. The smallest absolute Gasteiger partial charge is 0.343 e. The maximum Gasteiger partial charge on any atom is 0.343 e. The Kier molecular flexibility index (Phi) is 3.13. The largest absolute Gasteiger partial charge is 0.423 e. The van der Waals surface area contributed by atoms with E-state index in [-0.39, 0.29) is 0 Å². The van der Waals surface area contributed by atoms with E-state index >= 15 is 0 Å². The van der Waals surface area contributed by atoms with Crippen molar-refractivity contribution < 1.29 is 13.9 Å². The molecule has 0 amide bonds. The van der Waals surface area contributed by atoms with Crippen LogP contribution in [0.4, 0.5) is 4.39 Å². The second-order valence-electron chi connectivity index (χ2n) is 4.25. The molecule has 0 spiro atoms. The molecule has 1 aromatic heterocycles. The molecule has 3 aromatic rings. The molecule has 1 heterocycles. The van der Waals surface area contributed by atoms with Gasteiger partial charge in [0.15, 0.2) is 0 Å². The molecule has 0 N–H and O–H groups in total. The quantitative estimate of drug-likeness (QED) is 0.526. The van der Waals surface area contributed by atoms with Gasteiger partial charge in [-0.3, -0.25) is 4.98 Å². The minimum absolute atomic E-state index is 0.299. The van der Waals surface area contributed by atoms with Crippen LogP contribution in [0, 0.1) is 5.82 Å². The second-order valence-corrected chi connectivity index (χ2v) is 4.25. The maximum absolute atomic E-state index is 12.8.